The minimum Gasteiger partial charge on any atom is -0.376 e. The summed E-state index contributed by atoms with van der Waals surface area (Å²) in [7, 11) is 0. The van der Waals surface area contributed by atoms with Crippen LogP contribution in [0.25, 0.3) is 0 Å². The van der Waals surface area contributed by atoms with Crippen molar-refractivity contribution in [3.8, 4) is 0 Å². The van der Waals surface area contributed by atoms with Gasteiger partial charge < -0.3 is 15.0 Å². The molecule has 0 unspecified atom stereocenters. The van der Waals surface area contributed by atoms with E-state index in [0.717, 1.165) is 18.4 Å². The number of amides is 1. The number of hydrogen-bond donors (Lipinski definition) is 2. The third-order valence-corrected chi connectivity index (χ3v) is 3.69. The highest BCUT2D eigenvalue weighted by Crippen LogP contribution is 2.27. The Labute approximate surface area is 122 Å². The maximum Gasteiger partial charge on any atom is 0.268 e. The van der Waals surface area contributed by atoms with Crippen molar-refractivity contribution in [2.45, 2.75) is 25.0 Å². The molecule has 5 heteroatoms. The molecule has 1 saturated heterocycles. The zero-order chi connectivity index (χ0) is 14.7. The van der Waals surface area contributed by atoms with Crippen molar-refractivity contribution >= 4 is 5.91 Å². The van der Waals surface area contributed by atoms with Gasteiger partial charge >= 0.3 is 0 Å². The third kappa shape index (κ3) is 3.13. The van der Waals surface area contributed by atoms with E-state index in [2.05, 4.69) is 10.3 Å². The standard InChI is InChI=1S/C16H17FN2O2/c17-12-7-5-11(6-8-12)15(14-4-2-10-21-14)19-16(20)13-3-1-9-18-13/h1,3,5-9,14-15,18H,2,4,10H2,(H,19,20)/t14-,15-/m0/s1. The summed E-state index contributed by atoms with van der Waals surface area (Å²) in [4.78, 5) is 15.1. The molecule has 1 aromatic heterocycles. The molecule has 1 amide bonds. The summed E-state index contributed by atoms with van der Waals surface area (Å²) < 4.78 is 18.8. The number of nitrogens with one attached hydrogen (secondary N) is 2. The van der Waals surface area contributed by atoms with E-state index >= 15 is 0 Å². The van der Waals surface area contributed by atoms with Crippen LogP contribution in [0.1, 0.15) is 34.9 Å². The highest BCUT2D eigenvalue weighted by Gasteiger charge is 2.29. The summed E-state index contributed by atoms with van der Waals surface area (Å²) >= 11 is 0. The monoisotopic (exact) mass is 288 g/mol. The predicted molar refractivity (Wildman–Crippen MR) is 76.4 cm³/mol. The van der Waals surface area contributed by atoms with Crippen LogP contribution in [0.2, 0.25) is 0 Å². The highest BCUT2D eigenvalue weighted by atomic mass is 19.1. The number of hydrogen-bond acceptors (Lipinski definition) is 2. The quantitative estimate of drug-likeness (QED) is 0.909. The lowest BCUT2D eigenvalue weighted by molar-refractivity contribution is 0.0670. The normalized spacial score (nSPS) is 19.4. The van der Waals surface area contributed by atoms with Gasteiger partial charge in [0.15, 0.2) is 0 Å². The molecule has 1 aliphatic heterocycles. The van der Waals surface area contributed by atoms with Crippen LogP contribution in [-0.2, 0) is 4.74 Å². The van der Waals surface area contributed by atoms with Crippen molar-refractivity contribution < 1.29 is 13.9 Å². The van der Waals surface area contributed by atoms with Crippen molar-refractivity contribution in [1.82, 2.24) is 10.3 Å². The second-order valence-corrected chi connectivity index (χ2v) is 5.14. The van der Waals surface area contributed by atoms with Crippen LogP contribution in [0.4, 0.5) is 4.39 Å². The molecule has 2 heterocycles. The van der Waals surface area contributed by atoms with Crippen LogP contribution in [0.5, 0.6) is 0 Å². The van der Waals surface area contributed by atoms with Gasteiger partial charge in [-0.3, -0.25) is 4.79 Å². The fraction of sp³-hybridized carbons (Fsp3) is 0.312. The molecule has 2 atom stereocenters. The van der Waals surface area contributed by atoms with Crippen LogP contribution in [0.3, 0.4) is 0 Å². The molecule has 0 aliphatic carbocycles. The van der Waals surface area contributed by atoms with Gasteiger partial charge in [0.2, 0.25) is 0 Å². The lowest BCUT2D eigenvalue weighted by Crippen LogP contribution is -2.36. The number of carbonyl (C=O) groups excluding carboxylic acids is 1. The number of carbonyl (C=O) groups is 1. The summed E-state index contributed by atoms with van der Waals surface area (Å²) in [6.45, 7) is 0.695. The summed E-state index contributed by atoms with van der Waals surface area (Å²) in [5, 5.41) is 2.98. The minimum atomic E-state index is -0.291. The Hall–Kier alpha value is -2.14. The zero-order valence-electron chi connectivity index (χ0n) is 11.5. The first-order valence-corrected chi connectivity index (χ1v) is 7.05. The van der Waals surface area contributed by atoms with Crippen LogP contribution in [0, 0.1) is 5.82 Å². The van der Waals surface area contributed by atoms with Gasteiger partial charge in [0, 0.05) is 12.8 Å². The number of rotatable bonds is 4. The van der Waals surface area contributed by atoms with E-state index in [9.17, 15) is 9.18 Å². The Morgan fingerprint density at radius 1 is 1.33 bits per heavy atom. The summed E-state index contributed by atoms with van der Waals surface area (Å²) in [5.74, 6) is -0.481. The average molecular weight is 288 g/mol. The maximum absolute atomic E-state index is 13.1. The predicted octanol–water partition coefficient (Wildman–Crippen LogP) is 2.80. The van der Waals surface area contributed by atoms with Gasteiger partial charge in [0.05, 0.1) is 12.1 Å². The van der Waals surface area contributed by atoms with Crippen molar-refractivity contribution in [2.24, 2.45) is 0 Å². The molecule has 3 rings (SSSR count). The van der Waals surface area contributed by atoms with Crippen LogP contribution in [-0.4, -0.2) is 23.6 Å². The lowest BCUT2D eigenvalue weighted by atomic mass is 9.99. The van der Waals surface area contributed by atoms with Gasteiger partial charge in [-0.05, 0) is 42.7 Å². The van der Waals surface area contributed by atoms with Crippen molar-refractivity contribution in [1.29, 1.82) is 0 Å². The molecule has 2 aromatic rings. The van der Waals surface area contributed by atoms with E-state index in [0.29, 0.717) is 12.3 Å². The van der Waals surface area contributed by atoms with E-state index in [1.54, 1.807) is 30.5 Å². The average Bonchev–Trinajstić information content (AvgIpc) is 3.19. The fourth-order valence-electron chi connectivity index (χ4n) is 2.62. The Bertz CT molecular complexity index is 589. The molecule has 0 bridgehead atoms. The molecule has 2 N–H and O–H groups in total. The highest BCUT2D eigenvalue weighted by molar-refractivity contribution is 5.92. The van der Waals surface area contributed by atoms with Gasteiger partial charge in [0.25, 0.3) is 5.91 Å². The molecular formula is C16H17FN2O2. The Balaban J connectivity index is 1.82. The molecular weight excluding hydrogens is 271 g/mol. The smallest absolute Gasteiger partial charge is 0.268 e. The van der Waals surface area contributed by atoms with Gasteiger partial charge in [-0.1, -0.05) is 12.1 Å². The molecule has 0 saturated carbocycles. The van der Waals surface area contributed by atoms with Crippen molar-refractivity contribution in [2.75, 3.05) is 6.61 Å². The molecule has 1 fully saturated rings. The molecule has 110 valence electrons. The molecule has 1 aliphatic rings. The number of aromatic amines is 1. The first kappa shape index (κ1) is 13.8. The number of benzene rings is 1. The van der Waals surface area contributed by atoms with Crippen molar-refractivity contribution in [3.63, 3.8) is 0 Å². The summed E-state index contributed by atoms with van der Waals surface area (Å²) in [6, 6.07) is 9.40. The fourth-order valence-corrected chi connectivity index (χ4v) is 2.62. The number of halogens is 1. The van der Waals surface area contributed by atoms with Crippen LogP contribution >= 0.6 is 0 Å². The second-order valence-electron chi connectivity index (χ2n) is 5.14. The largest absolute Gasteiger partial charge is 0.376 e. The number of H-pyrrole nitrogens is 1. The molecule has 0 radical (unpaired) electrons. The summed E-state index contributed by atoms with van der Waals surface area (Å²) in [6.07, 6.45) is 3.48. The molecule has 4 nitrogen and oxygen atoms in total. The van der Waals surface area contributed by atoms with Crippen LogP contribution < -0.4 is 5.32 Å². The Morgan fingerprint density at radius 3 is 2.76 bits per heavy atom. The van der Waals surface area contributed by atoms with E-state index in [-0.39, 0.29) is 23.9 Å². The van der Waals surface area contributed by atoms with E-state index in [1.807, 2.05) is 0 Å². The van der Waals surface area contributed by atoms with Crippen LogP contribution in [0.15, 0.2) is 42.6 Å². The van der Waals surface area contributed by atoms with Gasteiger partial charge in [-0.2, -0.15) is 0 Å². The Kier molecular flexibility index (Phi) is 4.01. The first-order chi connectivity index (χ1) is 10.2. The third-order valence-electron chi connectivity index (χ3n) is 3.69. The van der Waals surface area contributed by atoms with Gasteiger partial charge in [-0.25, -0.2) is 4.39 Å². The molecule has 0 spiro atoms. The molecule has 21 heavy (non-hydrogen) atoms. The van der Waals surface area contributed by atoms with E-state index < -0.39 is 0 Å². The topological polar surface area (TPSA) is 54.1 Å². The first-order valence-electron chi connectivity index (χ1n) is 7.05. The minimum absolute atomic E-state index is 0.0747. The van der Waals surface area contributed by atoms with Gasteiger partial charge in [-0.15, -0.1) is 0 Å². The summed E-state index contributed by atoms with van der Waals surface area (Å²) in [5.41, 5.74) is 1.35. The molecule has 1 aromatic carbocycles. The second kappa shape index (κ2) is 6.10. The maximum atomic E-state index is 13.1. The number of aromatic nitrogens is 1. The van der Waals surface area contributed by atoms with E-state index in [1.165, 1.54) is 12.1 Å². The SMILES string of the molecule is O=C(N[C@@H](c1ccc(F)cc1)[C@@H]1CCCO1)c1ccc[nH]1. The van der Waals surface area contributed by atoms with E-state index in [4.69, 9.17) is 4.74 Å². The Morgan fingerprint density at radius 2 is 2.14 bits per heavy atom. The number of ether oxygens (including phenoxy) is 1. The van der Waals surface area contributed by atoms with Gasteiger partial charge in [0.1, 0.15) is 11.5 Å². The zero-order valence-corrected chi connectivity index (χ0v) is 11.5. The van der Waals surface area contributed by atoms with Crippen molar-refractivity contribution in [3.05, 3.63) is 59.7 Å². The lowest BCUT2D eigenvalue weighted by Gasteiger charge is -2.24.